The van der Waals surface area contributed by atoms with Crippen LogP contribution in [0.1, 0.15) is 65.5 Å². The Morgan fingerprint density at radius 3 is 2.77 bits per heavy atom. The second-order valence-electron chi connectivity index (χ2n) is 9.53. The number of fused-ring (bicyclic) bond motifs is 1. The molecule has 9 heteroatoms. The number of aryl methyl sites for hydroxylation is 1. The summed E-state index contributed by atoms with van der Waals surface area (Å²) >= 11 is 1.46. The molecule has 182 valence electrons. The van der Waals surface area contributed by atoms with Crippen molar-refractivity contribution in [2.75, 3.05) is 12.4 Å². The van der Waals surface area contributed by atoms with E-state index in [9.17, 15) is 4.79 Å². The highest BCUT2D eigenvalue weighted by atomic mass is 32.1. The maximum atomic E-state index is 13.0. The topological polar surface area (TPSA) is 118 Å². The van der Waals surface area contributed by atoms with Crippen molar-refractivity contribution in [2.24, 2.45) is 10.7 Å². The number of allylic oxidation sites excluding steroid dienone is 1. The number of carbonyl (C=O) groups excluding carboxylic acids is 1. The Labute approximate surface area is 209 Å². The van der Waals surface area contributed by atoms with E-state index in [2.05, 4.69) is 63.5 Å². The van der Waals surface area contributed by atoms with Crippen LogP contribution in [-0.2, 0) is 11.8 Å². The van der Waals surface area contributed by atoms with Gasteiger partial charge in [-0.3, -0.25) is 9.79 Å². The Morgan fingerprint density at radius 1 is 1.23 bits per heavy atom. The molecule has 35 heavy (non-hydrogen) atoms. The molecule has 3 aromatic rings. The first-order chi connectivity index (χ1) is 16.8. The molecule has 0 spiro atoms. The number of anilines is 1. The minimum Gasteiger partial charge on any atom is -0.403 e. The molecule has 1 atom stereocenters. The van der Waals surface area contributed by atoms with Crippen molar-refractivity contribution in [3.63, 3.8) is 0 Å². The maximum Gasteiger partial charge on any atom is 0.263 e. The van der Waals surface area contributed by atoms with E-state index in [-0.39, 0.29) is 17.4 Å². The summed E-state index contributed by atoms with van der Waals surface area (Å²) in [7, 11) is 1.68. The summed E-state index contributed by atoms with van der Waals surface area (Å²) in [5, 5.41) is 7.34. The number of aliphatic imine (C=N–C) groups is 1. The van der Waals surface area contributed by atoms with E-state index in [1.165, 1.54) is 29.4 Å². The smallest absolute Gasteiger partial charge is 0.263 e. The van der Waals surface area contributed by atoms with Crippen molar-refractivity contribution in [3.05, 3.63) is 69.7 Å². The van der Waals surface area contributed by atoms with Crippen molar-refractivity contribution in [3.8, 4) is 11.3 Å². The van der Waals surface area contributed by atoms with Crippen LogP contribution in [0.25, 0.3) is 11.3 Å². The van der Waals surface area contributed by atoms with Crippen molar-refractivity contribution >= 4 is 29.3 Å². The number of amides is 1. The molecular formula is C26H31N7OS. The quantitative estimate of drug-likeness (QED) is 0.435. The van der Waals surface area contributed by atoms with Gasteiger partial charge in [0.25, 0.3) is 5.91 Å². The maximum absolute atomic E-state index is 13.0. The summed E-state index contributed by atoms with van der Waals surface area (Å²) < 4.78 is 0. The minimum atomic E-state index is -0.0703. The summed E-state index contributed by atoms with van der Waals surface area (Å²) in [6.45, 7) is 6.31. The number of carbonyl (C=O) groups is 1. The van der Waals surface area contributed by atoms with Gasteiger partial charge in [0.1, 0.15) is 17.0 Å². The van der Waals surface area contributed by atoms with Gasteiger partial charge in [-0.1, -0.05) is 32.9 Å². The molecule has 0 aliphatic heterocycles. The predicted octanol–water partition coefficient (Wildman–Crippen LogP) is 4.62. The van der Waals surface area contributed by atoms with Crippen LogP contribution in [0, 0.1) is 0 Å². The molecule has 0 radical (unpaired) electrons. The van der Waals surface area contributed by atoms with E-state index < -0.39 is 0 Å². The lowest BCUT2D eigenvalue weighted by Gasteiger charge is -2.26. The van der Waals surface area contributed by atoms with Gasteiger partial charge >= 0.3 is 0 Å². The van der Waals surface area contributed by atoms with E-state index in [1.54, 1.807) is 19.5 Å². The van der Waals surface area contributed by atoms with E-state index in [0.717, 1.165) is 41.1 Å². The third-order valence-corrected chi connectivity index (χ3v) is 7.24. The van der Waals surface area contributed by atoms with E-state index in [4.69, 9.17) is 5.73 Å². The van der Waals surface area contributed by atoms with Crippen molar-refractivity contribution < 1.29 is 4.79 Å². The number of thiazole rings is 1. The fourth-order valence-corrected chi connectivity index (χ4v) is 4.94. The van der Waals surface area contributed by atoms with Crippen LogP contribution < -0.4 is 16.4 Å². The van der Waals surface area contributed by atoms with Crippen molar-refractivity contribution in [1.82, 2.24) is 20.3 Å². The third kappa shape index (κ3) is 5.74. The number of benzene rings is 1. The van der Waals surface area contributed by atoms with Crippen LogP contribution in [0.5, 0.6) is 0 Å². The lowest BCUT2D eigenvalue weighted by atomic mass is 9.86. The number of hydrogen-bond acceptors (Lipinski definition) is 8. The fourth-order valence-electron chi connectivity index (χ4n) is 4.07. The lowest BCUT2D eigenvalue weighted by molar-refractivity contribution is 0.0936. The molecular weight excluding hydrogens is 458 g/mol. The summed E-state index contributed by atoms with van der Waals surface area (Å²) in [6, 6.07) is 8.18. The Morgan fingerprint density at radius 2 is 2.06 bits per heavy atom. The first-order valence-electron chi connectivity index (χ1n) is 11.6. The van der Waals surface area contributed by atoms with Gasteiger partial charge in [-0.15, -0.1) is 11.3 Å². The van der Waals surface area contributed by atoms with Gasteiger partial charge in [0, 0.05) is 36.5 Å². The molecule has 2 heterocycles. The third-order valence-electron chi connectivity index (χ3n) is 5.82. The number of aromatic nitrogens is 3. The highest BCUT2D eigenvalue weighted by Gasteiger charge is 2.25. The van der Waals surface area contributed by atoms with E-state index in [1.807, 2.05) is 12.1 Å². The number of nitrogens with one attached hydrogen (secondary N) is 2. The fraction of sp³-hybridized carbons (Fsp3) is 0.346. The Hall–Kier alpha value is -3.59. The summed E-state index contributed by atoms with van der Waals surface area (Å²) in [5.41, 5.74) is 10.4. The van der Waals surface area contributed by atoms with Gasteiger partial charge < -0.3 is 16.4 Å². The number of nitrogens with zero attached hydrogens (tertiary/aromatic N) is 4. The van der Waals surface area contributed by atoms with Crippen LogP contribution in [0.3, 0.4) is 0 Å². The summed E-state index contributed by atoms with van der Waals surface area (Å²) in [5.74, 6) is 0.569. The van der Waals surface area contributed by atoms with E-state index >= 15 is 0 Å². The average Bonchev–Trinajstić information content (AvgIpc) is 3.35. The van der Waals surface area contributed by atoms with Crippen molar-refractivity contribution in [2.45, 2.75) is 51.5 Å². The zero-order chi connectivity index (χ0) is 25.0. The van der Waals surface area contributed by atoms with Crippen LogP contribution in [-0.4, -0.2) is 34.1 Å². The first kappa shape index (κ1) is 24.5. The standard InChI is InChI=1S/C26H31N7OS/c1-26(2,3)25-29-14-22(35-25)24(34)33-20-7-5-6-16-10-17(8-9-19(16)20)21-11-23(31-15-30-21)32-18(12-27)13-28-4/h8-15,20H,5-7,27H2,1-4H3,(H,33,34)(H,30,31,32). The molecule has 4 rings (SSSR count). The molecule has 1 aromatic carbocycles. The Bertz CT molecular complexity index is 1270. The minimum absolute atomic E-state index is 0.0197. The highest BCUT2D eigenvalue weighted by molar-refractivity contribution is 7.13. The van der Waals surface area contributed by atoms with Crippen LogP contribution >= 0.6 is 11.3 Å². The summed E-state index contributed by atoms with van der Waals surface area (Å²) in [4.78, 5) is 30.8. The molecule has 0 fully saturated rings. The van der Waals surface area contributed by atoms with Gasteiger partial charge in [-0.25, -0.2) is 15.0 Å². The SMILES string of the molecule is CN=CC(=CN)Nc1cc(-c2ccc3c(c2)CCCC3NC(=O)c2cnc(C(C)(C)C)s2)ncn1. The number of hydrogen-bond donors (Lipinski definition) is 3. The molecule has 0 saturated carbocycles. The van der Waals surface area contributed by atoms with Crippen molar-refractivity contribution in [1.29, 1.82) is 0 Å². The normalized spacial score (nSPS) is 16.2. The van der Waals surface area contributed by atoms with E-state index in [0.29, 0.717) is 16.4 Å². The molecule has 4 N–H and O–H groups in total. The van der Waals surface area contributed by atoms with Gasteiger partial charge in [0.2, 0.25) is 0 Å². The monoisotopic (exact) mass is 489 g/mol. The molecule has 1 aliphatic rings. The second-order valence-corrected chi connectivity index (χ2v) is 10.6. The van der Waals surface area contributed by atoms with Crippen LogP contribution in [0.2, 0.25) is 0 Å². The zero-order valence-corrected chi connectivity index (χ0v) is 21.3. The molecule has 1 aliphatic carbocycles. The van der Waals surface area contributed by atoms with Crippen LogP contribution in [0.4, 0.5) is 5.82 Å². The van der Waals surface area contributed by atoms with Gasteiger partial charge in [-0.05, 0) is 36.5 Å². The van der Waals surface area contributed by atoms with Gasteiger partial charge in [-0.2, -0.15) is 0 Å². The Kier molecular flexibility index (Phi) is 7.25. The predicted molar refractivity (Wildman–Crippen MR) is 142 cm³/mol. The average molecular weight is 490 g/mol. The first-order valence-corrected chi connectivity index (χ1v) is 12.4. The number of nitrogens with two attached hydrogens (primary N) is 1. The molecule has 8 nitrogen and oxygen atoms in total. The molecule has 2 aromatic heterocycles. The largest absolute Gasteiger partial charge is 0.403 e. The number of rotatable bonds is 6. The second kappa shape index (κ2) is 10.4. The lowest BCUT2D eigenvalue weighted by Crippen LogP contribution is -2.30. The molecule has 0 saturated heterocycles. The van der Waals surface area contributed by atoms with Gasteiger partial charge in [0.05, 0.1) is 28.6 Å². The molecule has 1 unspecified atom stereocenters. The highest BCUT2D eigenvalue weighted by Crippen LogP contribution is 2.34. The zero-order valence-electron chi connectivity index (χ0n) is 20.5. The van der Waals surface area contributed by atoms with Crippen LogP contribution in [0.15, 0.2) is 53.7 Å². The Balaban J connectivity index is 1.53. The molecule has 1 amide bonds. The summed E-state index contributed by atoms with van der Waals surface area (Å²) in [6.07, 6.45) is 9.17. The molecule has 0 bridgehead atoms. The van der Waals surface area contributed by atoms with Gasteiger partial charge in [0.15, 0.2) is 0 Å².